The Kier molecular flexibility index (Phi) is 5.08. The molecule has 1 saturated carbocycles. The van der Waals surface area contributed by atoms with Crippen LogP contribution in [0, 0.1) is 5.92 Å². The zero-order valence-electron chi connectivity index (χ0n) is 13.6. The molecule has 0 spiro atoms. The Morgan fingerprint density at radius 3 is 2.60 bits per heavy atom. The number of hydrogen-bond donors (Lipinski definition) is 1. The molecular weight excluding hydrogens is 266 g/mol. The lowest BCUT2D eigenvalue weighted by Gasteiger charge is -2.20. The van der Waals surface area contributed by atoms with Gasteiger partial charge in [-0.05, 0) is 46.0 Å². The summed E-state index contributed by atoms with van der Waals surface area (Å²) in [5.74, 6) is 0.912. The molecule has 0 unspecified atom stereocenters. The zero-order valence-corrected chi connectivity index (χ0v) is 14.4. The fraction of sp³-hybridized carbons (Fsp3) is 0.812. The molecule has 0 saturated heterocycles. The van der Waals surface area contributed by atoms with Crippen molar-refractivity contribution < 1.29 is 0 Å². The van der Waals surface area contributed by atoms with Gasteiger partial charge in [0.05, 0.1) is 5.69 Å². The topological polar surface area (TPSA) is 28.2 Å². The molecule has 0 bridgehead atoms. The molecule has 0 aliphatic heterocycles. The van der Waals surface area contributed by atoms with Crippen LogP contribution in [0.15, 0.2) is 0 Å². The van der Waals surface area contributed by atoms with Gasteiger partial charge >= 0.3 is 0 Å². The zero-order chi connectivity index (χ0) is 14.8. The monoisotopic (exact) mass is 295 g/mol. The number of rotatable bonds is 7. The van der Waals surface area contributed by atoms with E-state index in [-0.39, 0.29) is 5.54 Å². The van der Waals surface area contributed by atoms with Crippen LogP contribution in [0.1, 0.15) is 57.5 Å². The molecule has 1 heterocycles. The highest BCUT2D eigenvalue weighted by atomic mass is 32.1. The number of aromatic nitrogens is 1. The average molecular weight is 295 g/mol. The van der Waals surface area contributed by atoms with Crippen LogP contribution < -0.4 is 10.2 Å². The summed E-state index contributed by atoms with van der Waals surface area (Å²) in [4.78, 5) is 8.65. The third kappa shape index (κ3) is 4.74. The summed E-state index contributed by atoms with van der Waals surface area (Å²) >= 11 is 1.87. The van der Waals surface area contributed by atoms with Crippen molar-refractivity contribution in [3.05, 3.63) is 10.6 Å². The quantitative estimate of drug-likeness (QED) is 0.828. The number of hydrogen-bond acceptors (Lipinski definition) is 4. The van der Waals surface area contributed by atoms with Gasteiger partial charge in [-0.3, -0.25) is 0 Å². The van der Waals surface area contributed by atoms with Crippen molar-refractivity contribution in [3.8, 4) is 0 Å². The van der Waals surface area contributed by atoms with E-state index in [1.54, 1.807) is 0 Å². The molecule has 1 aliphatic carbocycles. The number of anilines is 1. The highest BCUT2D eigenvalue weighted by Crippen LogP contribution is 2.33. The molecule has 1 fully saturated rings. The van der Waals surface area contributed by atoms with Crippen molar-refractivity contribution in [2.75, 3.05) is 18.5 Å². The summed E-state index contributed by atoms with van der Waals surface area (Å²) in [6, 6.07) is 0. The summed E-state index contributed by atoms with van der Waals surface area (Å²) in [6.45, 7) is 11.0. The van der Waals surface area contributed by atoms with Gasteiger partial charge in [0.2, 0.25) is 0 Å². The van der Waals surface area contributed by atoms with Crippen molar-refractivity contribution in [1.82, 2.24) is 10.3 Å². The maximum atomic E-state index is 4.89. The second kappa shape index (κ2) is 6.44. The molecule has 0 aromatic carbocycles. The fourth-order valence-electron chi connectivity index (χ4n) is 2.21. The maximum Gasteiger partial charge on any atom is 0.185 e. The molecule has 0 amide bonds. The van der Waals surface area contributed by atoms with E-state index in [2.05, 4.69) is 45.0 Å². The van der Waals surface area contributed by atoms with Gasteiger partial charge in [0.25, 0.3) is 0 Å². The Balaban J connectivity index is 2.05. The number of thiazole rings is 1. The van der Waals surface area contributed by atoms with E-state index in [0.717, 1.165) is 25.3 Å². The third-order valence-corrected chi connectivity index (χ3v) is 4.80. The summed E-state index contributed by atoms with van der Waals surface area (Å²) in [7, 11) is 2.19. The van der Waals surface area contributed by atoms with Crippen molar-refractivity contribution in [2.24, 2.45) is 5.92 Å². The van der Waals surface area contributed by atoms with Crippen LogP contribution in [-0.2, 0) is 13.0 Å². The number of nitrogens with zero attached hydrogens (tertiary/aromatic N) is 2. The Labute approximate surface area is 127 Å². The SMILES string of the molecule is CCCc1nc(N(C)CC2CC2)sc1CNC(C)(C)C. The summed E-state index contributed by atoms with van der Waals surface area (Å²) in [5, 5.41) is 4.79. The van der Waals surface area contributed by atoms with Crippen LogP contribution in [0.25, 0.3) is 0 Å². The first kappa shape index (κ1) is 15.8. The van der Waals surface area contributed by atoms with Gasteiger partial charge in [-0.2, -0.15) is 0 Å². The molecule has 0 radical (unpaired) electrons. The van der Waals surface area contributed by atoms with Crippen molar-refractivity contribution in [2.45, 2.75) is 65.5 Å². The van der Waals surface area contributed by atoms with E-state index in [1.165, 1.54) is 35.1 Å². The van der Waals surface area contributed by atoms with Crippen LogP contribution in [0.5, 0.6) is 0 Å². The largest absolute Gasteiger partial charge is 0.351 e. The lowest BCUT2D eigenvalue weighted by Crippen LogP contribution is -2.35. The molecule has 114 valence electrons. The normalized spacial score (nSPS) is 15.7. The van der Waals surface area contributed by atoms with Gasteiger partial charge in [0, 0.05) is 30.6 Å². The molecule has 1 aliphatic rings. The Morgan fingerprint density at radius 2 is 2.05 bits per heavy atom. The summed E-state index contributed by atoms with van der Waals surface area (Å²) < 4.78 is 0. The molecule has 2 rings (SSSR count). The second-order valence-corrected chi connectivity index (χ2v) is 8.11. The maximum absolute atomic E-state index is 4.89. The molecule has 20 heavy (non-hydrogen) atoms. The molecule has 1 N–H and O–H groups in total. The number of nitrogens with one attached hydrogen (secondary N) is 1. The van der Waals surface area contributed by atoms with Gasteiger partial charge < -0.3 is 10.2 Å². The van der Waals surface area contributed by atoms with Gasteiger partial charge in [0.1, 0.15) is 0 Å². The van der Waals surface area contributed by atoms with Gasteiger partial charge in [-0.25, -0.2) is 4.98 Å². The lowest BCUT2D eigenvalue weighted by atomic mass is 10.1. The highest BCUT2D eigenvalue weighted by Gasteiger charge is 2.24. The van der Waals surface area contributed by atoms with E-state index in [9.17, 15) is 0 Å². The van der Waals surface area contributed by atoms with Crippen molar-refractivity contribution in [1.29, 1.82) is 0 Å². The first-order valence-electron chi connectivity index (χ1n) is 7.84. The molecule has 0 atom stereocenters. The summed E-state index contributed by atoms with van der Waals surface area (Å²) in [5.41, 5.74) is 1.46. The van der Waals surface area contributed by atoms with Gasteiger partial charge in [-0.1, -0.05) is 13.3 Å². The van der Waals surface area contributed by atoms with E-state index in [0.29, 0.717) is 0 Å². The van der Waals surface area contributed by atoms with Crippen LogP contribution in [0.2, 0.25) is 0 Å². The van der Waals surface area contributed by atoms with E-state index in [4.69, 9.17) is 4.98 Å². The Hall–Kier alpha value is -0.610. The standard InChI is InChI=1S/C16H29N3S/c1-6-7-13-14(10-17-16(2,3)4)20-15(18-13)19(5)11-12-8-9-12/h12,17H,6-11H2,1-5H3. The minimum absolute atomic E-state index is 0.160. The van der Waals surface area contributed by atoms with Crippen LogP contribution in [0.3, 0.4) is 0 Å². The van der Waals surface area contributed by atoms with Crippen LogP contribution in [0.4, 0.5) is 5.13 Å². The van der Waals surface area contributed by atoms with E-state index >= 15 is 0 Å². The summed E-state index contributed by atoms with van der Waals surface area (Å²) in [6.07, 6.45) is 5.05. The van der Waals surface area contributed by atoms with E-state index < -0.39 is 0 Å². The second-order valence-electron chi connectivity index (χ2n) is 7.04. The van der Waals surface area contributed by atoms with Crippen molar-refractivity contribution >= 4 is 16.5 Å². The minimum Gasteiger partial charge on any atom is -0.351 e. The molecule has 4 heteroatoms. The third-order valence-electron chi connectivity index (χ3n) is 3.59. The van der Waals surface area contributed by atoms with Crippen LogP contribution in [-0.4, -0.2) is 24.1 Å². The molecular formula is C16H29N3S. The first-order valence-corrected chi connectivity index (χ1v) is 8.65. The Bertz CT molecular complexity index is 429. The van der Waals surface area contributed by atoms with E-state index in [1.807, 2.05) is 11.3 Å². The predicted octanol–water partition coefficient (Wildman–Crippen LogP) is 3.83. The van der Waals surface area contributed by atoms with Gasteiger partial charge in [-0.15, -0.1) is 11.3 Å². The van der Waals surface area contributed by atoms with Crippen LogP contribution >= 0.6 is 11.3 Å². The lowest BCUT2D eigenvalue weighted by molar-refractivity contribution is 0.425. The molecule has 3 nitrogen and oxygen atoms in total. The molecule has 1 aromatic heterocycles. The average Bonchev–Trinajstić information content (AvgIpc) is 3.05. The highest BCUT2D eigenvalue weighted by molar-refractivity contribution is 7.15. The Morgan fingerprint density at radius 1 is 1.35 bits per heavy atom. The first-order chi connectivity index (χ1) is 9.39. The molecule has 1 aromatic rings. The van der Waals surface area contributed by atoms with Crippen molar-refractivity contribution in [3.63, 3.8) is 0 Å². The minimum atomic E-state index is 0.160. The predicted molar refractivity (Wildman–Crippen MR) is 88.7 cm³/mol. The van der Waals surface area contributed by atoms with Gasteiger partial charge in [0.15, 0.2) is 5.13 Å². The number of aryl methyl sites for hydroxylation is 1. The fourth-order valence-corrected chi connectivity index (χ4v) is 3.23. The smallest absolute Gasteiger partial charge is 0.185 e.